The molecular formula is H20MoNa2O14. The average molecular weight is 386 g/mol. The van der Waals surface area contributed by atoms with Crippen molar-refractivity contribution in [3.63, 3.8) is 0 Å². The van der Waals surface area contributed by atoms with Gasteiger partial charge in [0.25, 0.3) is 0 Å². The predicted octanol–water partition coefficient (Wildman–Crippen LogP) is -16.9. The van der Waals surface area contributed by atoms with E-state index in [9.17, 15) is 0 Å². The Labute approximate surface area is 143 Å². The van der Waals surface area contributed by atoms with Crippen LogP contribution in [-0.2, 0) is 23.5 Å². The van der Waals surface area contributed by atoms with E-state index in [-0.39, 0.29) is 114 Å². The third-order valence-electron chi connectivity index (χ3n) is 0. The fourth-order valence-corrected chi connectivity index (χ4v) is 0. The molecule has 0 heterocycles. The van der Waals surface area contributed by atoms with Crippen molar-refractivity contribution in [2.75, 3.05) is 0 Å². The van der Waals surface area contributed by atoms with Gasteiger partial charge in [-0.3, -0.25) is 0 Å². The summed E-state index contributed by atoms with van der Waals surface area (Å²) in [4.78, 5) is 0. The van der Waals surface area contributed by atoms with Gasteiger partial charge in [0.05, 0.1) is 0 Å². The van der Waals surface area contributed by atoms with Gasteiger partial charge in [0, 0.05) is 0 Å². The third-order valence-corrected chi connectivity index (χ3v) is 0. The van der Waals surface area contributed by atoms with Gasteiger partial charge in [-0.05, 0) is 0 Å². The van der Waals surface area contributed by atoms with E-state index in [2.05, 4.69) is 0 Å². The van der Waals surface area contributed by atoms with Gasteiger partial charge in [0.1, 0.15) is 0 Å². The van der Waals surface area contributed by atoms with E-state index in [1.54, 1.807) is 0 Å². The van der Waals surface area contributed by atoms with Crippen LogP contribution in [0.1, 0.15) is 0 Å². The quantitative estimate of drug-likeness (QED) is 0.365. The van der Waals surface area contributed by atoms with E-state index in [1.807, 2.05) is 0 Å². The molecule has 0 bridgehead atoms. The topological polar surface area (TPSA) is 395 Å². The number of rotatable bonds is 0. The van der Waals surface area contributed by atoms with Crippen molar-refractivity contribution in [1.29, 1.82) is 0 Å². The van der Waals surface area contributed by atoms with Crippen LogP contribution in [0.25, 0.3) is 0 Å². The molecule has 0 aromatic heterocycles. The zero-order chi connectivity index (χ0) is 4.50. The van der Waals surface area contributed by atoms with Gasteiger partial charge in [0.15, 0.2) is 0 Å². The van der Waals surface area contributed by atoms with Crippen LogP contribution in [0.5, 0.6) is 0 Å². The van der Waals surface area contributed by atoms with Gasteiger partial charge >= 0.3 is 90.2 Å². The van der Waals surface area contributed by atoms with Gasteiger partial charge in [-0.1, -0.05) is 0 Å². The molecular weight excluding hydrogens is 366 g/mol. The predicted molar refractivity (Wildman–Crippen MR) is 37.5 cm³/mol. The molecule has 0 radical (unpaired) electrons. The Bertz CT molecular complexity index is 97.4. The van der Waals surface area contributed by atoms with Crippen molar-refractivity contribution in [2.24, 2.45) is 0 Å². The Morgan fingerprint density at radius 3 is 0.471 bits per heavy atom. The molecule has 20 N–H and O–H groups in total. The molecule has 0 atom stereocenters. The van der Waals surface area contributed by atoms with Crippen LogP contribution in [-0.4, -0.2) is 54.8 Å². The van der Waals surface area contributed by atoms with Gasteiger partial charge in [-0.2, -0.15) is 0 Å². The molecule has 0 unspecified atom stereocenters. The Hall–Kier alpha value is 1.81. The summed E-state index contributed by atoms with van der Waals surface area (Å²) in [6.45, 7) is 0. The van der Waals surface area contributed by atoms with E-state index in [1.165, 1.54) is 0 Å². The molecule has 0 spiro atoms. The maximum atomic E-state index is 8.63. The molecule has 0 aliphatic rings. The molecule has 17 heteroatoms. The molecule has 0 amide bonds. The van der Waals surface area contributed by atoms with Gasteiger partial charge in [-0.15, -0.1) is 0 Å². The summed E-state index contributed by atoms with van der Waals surface area (Å²) in [5.74, 6) is 0. The molecule has 0 rings (SSSR count). The summed E-state index contributed by atoms with van der Waals surface area (Å²) in [5.41, 5.74) is 0. The molecule has 0 saturated heterocycles. The summed E-state index contributed by atoms with van der Waals surface area (Å²) < 4.78 is 34.5. The van der Waals surface area contributed by atoms with E-state index < -0.39 is 16.7 Å². The number of hydrogen-bond donors (Lipinski definition) is 0. The van der Waals surface area contributed by atoms with Crippen LogP contribution in [0, 0.1) is 0 Å². The Morgan fingerprint density at radius 1 is 0.471 bits per heavy atom. The van der Waals surface area contributed by atoms with Crippen molar-refractivity contribution in [2.45, 2.75) is 0 Å². The van der Waals surface area contributed by atoms with E-state index in [4.69, 9.17) is 14.3 Å². The second kappa shape index (κ2) is 82.5. The average Bonchev–Trinajstić information content (AvgIpc) is 0.722. The first-order valence-electron chi connectivity index (χ1n) is 0.667. The second-order valence-corrected chi connectivity index (χ2v) is 2.42. The minimum absolute atomic E-state index is 0. The standard InChI is InChI=1S/Mo.2Na.10H2O.4O/h;;;10*1H2;;;;/q;2*+1;;;;;;;;;;;;;2*-1. The first kappa shape index (κ1) is 177. The summed E-state index contributed by atoms with van der Waals surface area (Å²) in [7, 11) is 0. The molecule has 0 aromatic carbocycles. The van der Waals surface area contributed by atoms with Crippen LogP contribution in [0.2, 0.25) is 0 Å². The molecule has 0 fully saturated rings. The fraction of sp³-hybridized carbons (Fsp3) is 0. The van der Waals surface area contributed by atoms with Crippen molar-refractivity contribution in [3.8, 4) is 0 Å². The molecule has 0 saturated carbocycles. The summed E-state index contributed by atoms with van der Waals surface area (Å²) in [5, 5.41) is 0. The Morgan fingerprint density at radius 2 is 0.471 bits per heavy atom. The van der Waals surface area contributed by atoms with E-state index in [0.29, 0.717) is 0 Å². The summed E-state index contributed by atoms with van der Waals surface area (Å²) in [6, 6.07) is 0. The third kappa shape index (κ3) is 1360. The fourth-order valence-electron chi connectivity index (χ4n) is 0. The molecule has 0 aliphatic carbocycles. The zero-order valence-corrected chi connectivity index (χ0v) is 15.0. The molecule has 17 heavy (non-hydrogen) atoms. The van der Waals surface area contributed by atoms with E-state index in [0.717, 1.165) is 0 Å². The van der Waals surface area contributed by atoms with Crippen LogP contribution < -0.4 is 66.6 Å². The Balaban J connectivity index is -0.00000000121. The van der Waals surface area contributed by atoms with E-state index >= 15 is 0 Å². The van der Waals surface area contributed by atoms with Crippen molar-refractivity contribution in [3.05, 3.63) is 0 Å². The van der Waals surface area contributed by atoms with Crippen LogP contribution in [0.4, 0.5) is 0 Å². The molecule has 14 nitrogen and oxygen atoms in total. The van der Waals surface area contributed by atoms with Crippen molar-refractivity contribution >= 4 is 0 Å². The van der Waals surface area contributed by atoms with Crippen molar-refractivity contribution in [1.82, 2.24) is 0 Å². The SMILES string of the molecule is O.O.O.O.O.O.O.O.O.O.[Na+].[Na+].[O]=[Mo](=[O])([O-])[O-]. The van der Waals surface area contributed by atoms with Crippen LogP contribution in [0.15, 0.2) is 0 Å². The number of hydrogen-bond acceptors (Lipinski definition) is 4. The maximum absolute atomic E-state index is 8.63. The van der Waals surface area contributed by atoms with Crippen LogP contribution in [0.3, 0.4) is 0 Å². The van der Waals surface area contributed by atoms with Crippen molar-refractivity contribution < 1.29 is 145 Å². The second-order valence-electron chi connectivity index (χ2n) is 0.408. The normalized spacial score (nSPS) is 3.41. The summed E-state index contributed by atoms with van der Waals surface area (Å²) in [6.07, 6.45) is 0. The van der Waals surface area contributed by atoms with Gasteiger partial charge < -0.3 is 54.8 Å². The first-order valence-corrected chi connectivity index (χ1v) is 3.94. The Kier molecular flexibility index (Phi) is 858. The summed E-state index contributed by atoms with van der Waals surface area (Å²) >= 11 is -6.02. The monoisotopic (exact) mass is 388 g/mol. The zero-order valence-electron chi connectivity index (χ0n) is 9.04. The van der Waals surface area contributed by atoms with Crippen LogP contribution >= 0.6 is 0 Å². The minimum atomic E-state index is -6.02. The first-order chi connectivity index (χ1) is 2.00. The molecule has 0 aliphatic heterocycles. The molecule has 112 valence electrons. The molecule has 0 aromatic rings. The van der Waals surface area contributed by atoms with Gasteiger partial charge in [0.2, 0.25) is 0 Å². The van der Waals surface area contributed by atoms with Gasteiger partial charge in [-0.25, -0.2) is 0 Å².